The van der Waals surface area contributed by atoms with Crippen molar-refractivity contribution in [3.8, 4) is 0 Å². The van der Waals surface area contributed by atoms with Gasteiger partial charge in [0.25, 0.3) is 0 Å². The number of nitrogens with zero attached hydrogens (tertiary/aromatic N) is 1. The topological polar surface area (TPSA) is 67.5 Å². The molecule has 2 bridgehead atoms. The number of nitrogens with one attached hydrogen (secondary N) is 1. The number of nitrogens with two attached hydrogens (primary N) is 1. The third-order valence-electron chi connectivity index (χ3n) is 5.52. The fourth-order valence-electron chi connectivity index (χ4n) is 3.97. The molecule has 4 heteroatoms. The normalized spacial score (nSPS) is 39.4. The van der Waals surface area contributed by atoms with Crippen molar-refractivity contribution >= 4 is 11.7 Å². The fraction of sp³-hybridized carbons (Fsp3) is 0.846. The number of rotatable bonds is 2. The zero-order valence-corrected chi connectivity index (χ0v) is 11.2. The van der Waals surface area contributed by atoms with Gasteiger partial charge in [-0.1, -0.05) is 20.8 Å². The predicted octanol–water partition coefficient (Wildman–Crippen LogP) is 2.49. The van der Waals surface area contributed by atoms with E-state index in [1.54, 1.807) is 0 Å². The van der Waals surface area contributed by atoms with E-state index in [-0.39, 0.29) is 0 Å². The average molecular weight is 237 g/mol. The van der Waals surface area contributed by atoms with E-state index in [0.29, 0.717) is 22.7 Å². The highest BCUT2D eigenvalue weighted by Crippen LogP contribution is 2.67. The highest BCUT2D eigenvalue weighted by atomic mass is 16.2. The number of hydrazone groups is 1. The van der Waals surface area contributed by atoms with Crippen molar-refractivity contribution in [1.82, 2.24) is 5.43 Å². The van der Waals surface area contributed by atoms with Crippen LogP contribution in [-0.2, 0) is 0 Å². The van der Waals surface area contributed by atoms with Gasteiger partial charge in [0, 0.05) is 11.6 Å². The maximum atomic E-state index is 10.7. The van der Waals surface area contributed by atoms with Gasteiger partial charge in [-0.2, -0.15) is 5.10 Å². The van der Waals surface area contributed by atoms with Crippen molar-refractivity contribution in [2.24, 2.45) is 33.5 Å². The summed E-state index contributed by atoms with van der Waals surface area (Å²) in [7, 11) is 0. The van der Waals surface area contributed by atoms with Crippen molar-refractivity contribution in [2.45, 2.75) is 47.0 Å². The lowest BCUT2D eigenvalue weighted by Crippen LogP contribution is -2.29. The van der Waals surface area contributed by atoms with Gasteiger partial charge in [-0.25, -0.2) is 10.2 Å². The van der Waals surface area contributed by atoms with Gasteiger partial charge in [0.2, 0.25) is 0 Å². The number of hydrogen-bond donors (Lipinski definition) is 2. The van der Waals surface area contributed by atoms with Crippen LogP contribution in [0.3, 0.4) is 0 Å². The number of hydrogen-bond acceptors (Lipinski definition) is 2. The molecule has 2 saturated carbocycles. The van der Waals surface area contributed by atoms with Crippen LogP contribution in [0.2, 0.25) is 0 Å². The summed E-state index contributed by atoms with van der Waals surface area (Å²) < 4.78 is 0. The maximum Gasteiger partial charge on any atom is 0.332 e. The molecule has 0 spiro atoms. The van der Waals surface area contributed by atoms with E-state index in [0.717, 1.165) is 5.71 Å². The first-order valence-corrected chi connectivity index (χ1v) is 6.37. The Morgan fingerprint density at radius 2 is 2.06 bits per heavy atom. The molecule has 0 unspecified atom stereocenters. The molecule has 17 heavy (non-hydrogen) atoms. The standard InChI is InChI=1S/C13H23N3O/c1-8(15-16-11(14)17)9-7-13(4)6-5-10(9)12(13,2)3/h9-10H,5-7H2,1-4H3,(H3,14,16,17)/b15-8-/t9-,10+,13+/m0/s1. The number of carbonyl (C=O) groups excluding carboxylic acids is 1. The van der Waals surface area contributed by atoms with E-state index >= 15 is 0 Å². The largest absolute Gasteiger partial charge is 0.350 e. The molecule has 0 aromatic rings. The number of fused-ring (bicyclic) bond motifs is 2. The molecular weight excluding hydrogens is 214 g/mol. The lowest BCUT2D eigenvalue weighted by atomic mass is 9.71. The Morgan fingerprint density at radius 3 is 2.47 bits per heavy atom. The Hall–Kier alpha value is -1.06. The van der Waals surface area contributed by atoms with Gasteiger partial charge in [0.1, 0.15) is 0 Å². The summed E-state index contributed by atoms with van der Waals surface area (Å²) in [5.74, 6) is 1.18. The smallest absolute Gasteiger partial charge is 0.332 e. The van der Waals surface area contributed by atoms with Gasteiger partial charge in [-0.15, -0.1) is 0 Å². The monoisotopic (exact) mass is 237 g/mol. The van der Waals surface area contributed by atoms with Crippen LogP contribution in [0.15, 0.2) is 5.10 Å². The van der Waals surface area contributed by atoms with Crippen molar-refractivity contribution in [1.29, 1.82) is 0 Å². The Kier molecular flexibility index (Phi) is 2.71. The second-order valence-corrected chi connectivity index (χ2v) is 6.47. The van der Waals surface area contributed by atoms with Crippen LogP contribution >= 0.6 is 0 Å². The van der Waals surface area contributed by atoms with Gasteiger partial charge in [-0.05, 0) is 42.9 Å². The first-order chi connectivity index (χ1) is 7.78. The van der Waals surface area contributed by atoms with Crippen molar-refractivity contribution in [2.75, 3.05) is 0 Å². The molecule has 0 saturated heterocycles. The molecule has 0 radical (unpaired) electrons. The van der Waals surface area contributed by atoms with Crippen molar-refractivity contribution in [3.63, 3.8) is 0 Å². The minimum atomic E-state index is -0.585. The minimum absolute atomic E-state index is 0.376. The van der Waals surface area contributed by atoms with Gasteiger partial charge in [0.05, 0.1) is 0 Å². The Morgan fingerprint density at radius 1 is 1.41 bits per heavy atom. The summed E-state index contributed by atoms with van der Waals surface area (Å²) in [5, 5.41) is 4.11. The molecule has 4 nitrogen and oxygen atoms in total. The van der Waals surface area contributed by atoms with E-state index in [1.807, 2.05) is 6.92 Å². The van der Waals surface area contributed by atoms with E-state index < -0.39 is 6.03 Å². The maximum absolute atomic E-state index is 10.7. The lowest BCUT2D eigenvalue weighted by molar-refractivity contribution is 0.152. The molecule has 3 atom stereocenters. The number of urea groups is 1. The molecule has 0 aliphatic heterocycles. The van der Waals surface area contributed by atoms with Gasteiger partial charge in [-0.3, -0.25) is 0 Å². The van der Waals surface area contributed by atoms with E-state index in [9.17, 15) is 4.79 Å². The van der Waals surface area contributed by atoms with Crippen molar-refractivity contribution < 1.29 is 4.79 Å². The molecule has 0 heterocycles. The van der Waals surface area contributed by atoms with Crippen molar-refractivity contribution in [3.05, 3.63) is 0 Å². The molecule has 2 aliphatic carbocycles. The van der Waals surface area contributed by atoms with Crippen LogP contribution in [-0.4, -0.2) is 11.7 Å². The molecule has 2 aliphatic rings. The van der Waals surface area contributed by atoms with Crippen LogP contribution in [0.1, 0.15) is 47.0 Å². The highest BCUT2D eigenvalue weighted by Gasteiger charge is 2.60. The summed E-state index contributed by atoms with van der Waals surface area (Å²) in [6.07, 6.45) is 3.77. The quantitative estimate of drug-likeness (QED) is 0.562. The fourth-order valence-corrected chi connectivity index (χ4v) is 3.97. The van der Waals surface area contributed by atoms with Gasteiger partial charge in [0.15, 0.2) is 0 Å². The number of carbonyl (C=O) groups is 1. The molecule has 0 aromatic carbocycles. The van der Waals surface area contributed by atoms with E-state index in [2.05, 4.69) is 31.3 Å². The molecule has 0 aromatic heterocycles. The van der Waals surface area contributed by atoms with Crippen LogP contribution in [0, 0.1) is 22.7 Å². The third-order valence-corrected chi connectivity index (χ3v) is 5.52. The summed E-state index contributed by atoms with van der Waals surface area (Å²) in [4.78, 5) is 10.7. The summed E-state index contributed by atoms with van der Waals surface area (Å²) in [6, 6.07) is -0.585. The summed E-state index contributed by atoms with van der Waals surface area (Å²) in [5.41, 5.74) is 9.20. The van der Waals surface area contributed by atoms with Crippen LogP contribution < -0.4 is 11.2 Å². The molecule has 3 N–H and O–H groups in total. The molecule has 2 fully saturated rings. The molecule has 2 amide bonds. The number of primary amides is 1. The SMILES string of the molecule is C/C(=N/NC(N)=O)[C@@H]1C[C@@]2(C)CC[C@H]1C2(C)C. The lowest BCUT2D eigenvalue weighted by Gasteiger charge is -2.34. The first-order valence-electron chi connectivity index (χ1n) is 6.37. The Labute approximate surface area is 103 Å². The second-order valence-electron chi connectivity index (χ2n) is 6.47. The predicted molar refractivity (Wildman–Crippen MR) is 68.5 cm³/mol. The van der Waals surface area contributed by atoms with Gasteiger partial charge >= 0.3 is 6.03 Å². The zero-order chi connectivity index (χ0) is 12.8. The summed E-state index contributed by atoms with van der Waals surface area (Å²) in [6.45, 7) is 9.14. The number of amides is 2. The second kappa shape index (κ2) is 3.72. The van der Waals surface area contributed by atoms with Crippen LogP contribution in [0.5, 0.6) is 0 Å². The van der Waals surface area contributed by atoms with Gasteiger partial charge < -0.3 is 5.73 Å². The molecule has 2 rings (SSSR count). The van der Waals surface area contributed by atoms with Crippen LogP contribution in [0.4, 0.5) is 4.79 Å². The molecule has 96 valence electrons. The molecular formula is C13H23N3O. The average Bonchev–Trinajstić information content (AvgIpc) is 2.57. The van der Waals surface area contributed by atoms with Crippen LogP contribution in [0.25, 0.3) is 0 Å². The zero-order valence-electron chi connectivity index (χ0n) is 11.2. The Balaban J connectivity index is 2.16. The first kappa shape index (κ1) is 12.4. The third kappa shape index (κ3) is 1.74. The summed E-state index contributed by atoms with van der Waals surface area (Å²) >= 11 is 0. The highest BCUT2D eigenvalue weighted by molar-refractivity contribution is 5.86. The Bertz CT molecular complexity index is 372. The van der Waals surface area contributed by atoms with E-state index in [4.69, 9.17) is 5.73 Å². The van der Waals surface area contributed by atoms with E-state index in [1.165, 1.54) is 19.3 Å². The minimum Gasteiger partial charge on any atom is -0.350 e.